The summed E-state index contributed by atoms with van der Waals surface area (Å²) < 4.78 is 0. The maximum Gasteiger partial charge on any atom is 0.188 e. The highest BCUT2D eigenvalue weighted by molar-refractivity contribution is 5.75. The molecule has 0 aromatic rings. The van der Waals surface area contributed by atoms with Gasteiger partial charge in [-0.05, 0) is 17.6 Å². The number of nitrogens with two attached hydrogens (primary N) is 1. The molecular formula is C10H15N3. The van der Waals surface area contributed by atoms with Crippen LogP contribution in [0.3, 0.4) is 0 Å². The normalized spacial score (nSPS) is 17.1. The number of nitrogens with zero attached hydrogens (tertiary/aromatic N) is 1. The molecule has 0 aromatic heterocycles. The molecule has 1 aliphatic rings. The molecule has 0 unspecified atom stereocenters. The summed E-state index contributed by atoms with van der Waals surface area (Å²) >= 11 is 0. The van der Waals surface area contributed by atoms with E-state index in [2.05, 4.69) is 13.2 Å². The first-order chi connectivity index (χ1) is 6.19. The molecule has 13 heavy (non-hydrogen) atoms. The zero-order valence-corrected chi connectivity index (χ0v) is 7.71. The second-order valence-corrected chi connectivity index (χ2v) is 3.02. The number of hydrogen-bond acceptors (Lipinski definition) is 1. The third kappa shape index (κ3) is 1.99. The van der Waals surface area contributed by atoms with E-state index in [9.17, 15) is 0 Å². The van der Waals surface area contributed by atoms with Crippen LogP contribution in [0.5, 0.6) is 0 Å². The Morgan fingerprint density at radius 2 is 2.00 bits per heavy atom. The van der Waals surface area contributed by atoms with Crippen LogP contribution in [0.25, 0.3) is 0 Å². The van der Waals surface area contributed by atoms with Crippen LogP contribution >= 0.6 is 0 Å². The zero-order chi connectivity index (χ0) is 9.84. The third-order valence-electron chi connectivity index (χ3n) is 2.26. The van der Waals surface area contributed by atoms with Gasteiger partial charge in [-0.1, -0.05) is 25.3 Å². The summed E-state index contributed by atoms with van der Waals surface area (Å²) in [6.45, 7) is 8.96. The quantitative estimate of drug-likeness (QED) is 0.492. The molecule has 1 heterocycles. The highest BCUT2D eigenvalue weighted by atomic mass is 15.2. The Kier molecular flexibility index (Phi) is 2.90. The average molecular weight is 177 g/mol. The van der Waals surface area contributed by atoms with Gasteiger partial charge < -0.3 is 10.6 Å². The van der Waals surface area contributed by atoms with Gasteiger partial charge >= 0.3 is 0 Å². The number of rotatable bonds is 2. The standard InChI is InChI=1S/C10H15N3/c1-3-8-5-6-13(10(11)12)7-9(8)4-2/h3-4H,1-2,5-7H2,(H3,11,12). The molecule has 0 aromatic carbocycles. The molecule has 0 amide bonds. The van der Waals surface area contributed by atoms with Gasteiger partial charge in [-0.3, -0.25) is 5.41 Å². The van der Waals surface area contributed by atoms with E-state index in [1.54, 1.807) is 0 Å². The minimum atomic E-state index is 0.127. The Morgan fingerprint density at radius 3 is 2.46 bits per heavy atom. The summed E-state index contributed by atoms with van der Waals surface area (Å²) in [5.74, 6) is 0.127. The second kappa shape index (κ2) is 3.94. The fraction of sp³-hybridized carbons (Fsp3) is 0.300. The maximum atomic E-state index is 7.30. The summed E-state index contributed by atoms with van der Waals surface area (Å²) in [6, 6.07) is 0. The fourth-order valence-electron chi connectivity index (χ4n) is 1.44. The van der Waals surface area contributed by atoms with E-state index in [0.29, 0.717) is 6.54 Å². The minimum Gasteiger partial charge on any atom is -0.370 e. The molecular weight excluding hydrogens is 162 g/mol. The molecule has 70 valence electrons. The summed E-state index contributed by atoms with van der Waals surface area (Å²) in [6.07, 6.45) is 4.56. The molecule has 0 saturated carbocycles. The highest BCUT2D eigenvalue weighted by Crippen LogP contribution is 2.18. The molecule has 0 radical (unpaired) electrons. The first-order valence-electron chi connectivity index (χ1n) is 4.25. The molecule has 0 bridgehead atoms. The Labute approximate surface area is 78.7 Å². The van der Waals surface area contributed by atoms with Crippen molar-refractivity contribution in [2.45, 2.75) is 6.42 Å². The van der Waals surface area contributed by atoms with Crippen LogP contribution in [-0.4, -0.2) is 23.9 Å². The lowest BCUT2D eigenvalue weighted by Crippen LogP contribution is -2.40. The van der Waals surface area contributed by atoms with Gasteiger partial charge in [0.2, 0.25) is 0 Å². The molecule has 0 aliphatic carbocycles. The molecule has 3 N–H and O–H groups in total. The summed E-state index contributed by atoms with van der Waals surface area (Å²) in [5.41, 5.74) is 7.73. The Hall–Kier alpha value is -1.51. The van der Waals surface area contributed by atoms with Gasteiger partial charge in [0, 0.05) is 13.1 Å². The van der Waals surface area contributed by atoms with Gasteiger partial charge in [-0.15, -0.1) is 0 Å². The number of guanidine groups is 1. The van der Waals surface area contributed by atoms with Crippen LogP contribution in [0.15, 0.2) is 36.5 Å². The van der Waals surface area contributed by atoms with Gasteiger partial charge in [0.15, 0.2) is 5.96 Å². The first-order valence-corrected chi connectivity index (χ1v) is 4.25. The molecule has 3 nitrogen and oxygen atoms in total. The third-order valence-corrected chi connectivity index (χ3v) is 2.26. The molecule has 3 heteroatoms. The molecule has 0 fully saturated rings. The van der Waals surface area contributed by atoms with Crippen LogP contribution in [0, 0.1) is 5.41 Å². The number of nitrogens with one attached hydrogen (secondary N) is 1. The van der Waals surface area contributed by atoms with E-state index in [1.807, 2.05) is 17.1 Å². The van der Waals surface area contributed by atoms with Crippen molar-refractivity contribution in [1.82, 2.24) is 4.90 Å². The van der Waals surface area contributed by atoms with Gasteiger partial charge in [0.25, 0.3) is 0 Å². The maximum absolute atomic E-state index is 7.30. The lowest BCUT2D eigenvalue weighted by atomic mass is 10.0. The topological polar surface area (TPSA) is 53.1 Å². The van der Waals surface area contributed by atoms with E-state index in [0.717, 1.165) is 18.5 Å². The predicted molar refractivity (Wildman–Crippen MR) is 55.5 cm³/mol. The molecule has 0 spiro atoms. The molecule has 1 rings (SSSR count). The summed E-state index contributed by atoms with van der Waals surface area (Å²) in [5, 5.41) is 7.30. The Bertz CT molecular complexity index is 276. The van der Waals surface area contributed by atoms with Crippen LogP contribution in [0.2, 0.25) is 0 Å². The lowest BCUT2D eigenvalue weighted by Gasteiger charge is -2.28. The average Bonchev–Trinajstić information content (AvgIpc) is 2.16. The van der Waals surface area contributed by atoms with Gasteiger partial charge in [0.05, 0.1) is 0 Å². The van der Waals surface area contributed by atoms with E-state index >= 15 is 0 Å². The minimum absolute atomic E-state index is 0.127. The molecule has 1 aliphatic heterocycles. The lowest BCUT2D eigenvalue weighted by molar-refractivity contribution is 0.431. The fourth-order valence-corrected chi connectivity index (χ4v) is 1.44. The second-order valence-electron chi connectivity index (χ2n) is 3.02. The van der Waals surface area contributed by atoms with Crippen LogP contribution in [0.4, 0.5) is 0 Å². The van der Waals surface area contributed by atoms with Gasteiger partial charge in [-0.2, -0.15) is 0 Å². The summed E-state index contributed by atoms with van der Waals surface area (Å²) in [7, 11) is 0. The molecule has 0 atom stereocenters. The van der Waals surface area contributed by atoms with E-state index in [-0.39, 0.29) is 5.96 Å². The first kappa shape index (κ1) is 9.58. The Morgan fingerprint density at radius 1 is 1.38 bits per heavy atom. The van der Waals surface area contributed by atoms with E-state index in [1.165, 1.54) is 5.57 Å². The summed E-state index contributed by atoms with van der Waals surface area (Å²) in [4.78, 5) is 1.82. The van der Waals surface area contributed by atoms with Crippen molar-refractivity contribution in [2.24, 2.45) is 5.73 Å². The smallest absolute Gasteiger partial charge is 0.188 e. The van der Waals surface area contributed by atoms with E-state index in [4.69, 9.17) is 11.1 Å². The number of hydrogen-bond donors (Lipinski definition) is 2. The van der Waals surface area contributed by atoms with Crippen molar-refractivity contribution in [1.29, 1.82) is 5.41 Å². The van der Waals surface area contributed by atoms with Crippen molar-refractivity contribution in [3.63, 3.8) is 0 Å². The zero-order valence-electron chi connectivity index (χ0n) is 7.71. The van der Waals surface area contributed by atoms with Crippen molar-refractivity contribution < 1.29 is 0 Å². The van der Waals surface area contributed by atoms with Crippen LogP contribution in [0.1, 0.15) is 6.42 Å². The van der Waals surface area contributed by atoms with Crippen molar-refractivity contribution >= 4 is 5.96 Å². The van der Waals surface area contributed by atoms with Crippen molar-refractivity contribution in [3.8, 4) is 0 Å². The number of allylic oxidation sites excluding steroid dienone is 1. The van der Waals surface area contributed by atoms with Crippen LogP contribution < -0.4 is 5.73 Å². The largest absolute Gasteiger partial charge is 0.370 e. The van der Waals surface area contributed by atoms with Gasteiger partial charge in [0.1, 0.15) is 0 Å². The SMILES string of the molecule is C=CC1=C(C=C)CN(C(=N)N)CC1. The van der Waals surface area contributed by atoms with Gasteiger partial charge in [-0.25, -0.2) is 0 Å². The highest BCUT2D eigenvalue weighted by Gasteiger charge is 2.15. The van der Waals surface area contributed by atoms with Crippen molar-refractivity contribution in [3.05, 3.63) is 36.5 Å². The molecule has 0 saturated heterocycles. The van der Waals surface area contributed by atoms with Crippen LogP contribution in [-0.2, 0) is 0 Å². The monoisotopic (exact) mass is 177 g/mol. The predicted octanol–water partition coefficient (Wildman–Crippen LogP) is 1.25. The van der Waals surface area contributed by atoms with Crippen molar-refractivity contribution in [2.75, 3.05) is 13.1 Å². The van der Waals surface area contributed by atoms with E-state index < -0.39 is 0 Å². The Balaban J connectivity index is 2.83.